The second kappa shape index (κ2) is 7.01. The number of benzene rings is 2. The summed E-state index contributed by atoms with van der Waals surface area (Å²) >= 11 is 0. The van der Waals surface area contributed by atoms with Gasteiger partial charge < -0.3 is 14.2 Å². The molecule has 4 nitrogen and oxygen atoms in total. The molecule has 0 aromatic heterocycles. The van der Waals surface area contributed by atoms with Crippen LogP contribution in [-0.4, -0.2) is 30.7 Å². The highest BCUT2D eigenvalue weighted by molar-refractivity contribution is 6.00. The molecule has 1 atom stereocenters. The Balaban J connectivity index is 1.55. The van der Waals surface area contributed by atoms with E-state index in [2.05, 4.69) is 13.0 Å². The first-order valence-electron chi connectivity index (χ1n) is 9.61. The number of carbonyl (C=O) groups is 1. The third-order valence-corrected chi connectivity index (χ3v) is 5.40. The SMILES string of the molecule is Cc1ccc(C(=O)[C@@H]2CCC(C)(C)O2)cc1Cc1ccc2c(c1)OCCO2. The van der Waals surface area contributed by atoms with Crippen LogP contribution in [0, 0.1) is 6.92 Å². The van der Waals surface area contributed by atoms with E-state index >= 15 is 0 Å². The van der Waals surface area contributed by atoms with Crippen molar-refractivity contribution in [3.05, 3.63) is 58.7 Å². The Labute approximate surface area is 160 Å². The molecule has 0 bridgehead atoms. The molecule has 0 radical (unpaired) electrons. The van der Waals surface area contributed by atoms with Crippen molar-refractivity contribution >= 4 is 5.78 Å². The van der Waals surface area contributed by atoms with E-state index in [1.165, 1.54) is 5.56 Å². The fourth-order valence-corrected chi connectivity index (χ4v) is 3.78. The zero-order chi connectivity index (χ0) is 19.0. The minimum absolute atomic E-state index is 0.0870. The average Bonchev–Trinajstić information content (AvgIpc) is 3.02. The lowest BCUT2D eigenvalue weighted by Gasteiger charge is -2.19. The second-order valence-corrected chi connectivity index (χ2v) is 8.07. The van der Waals surface area contributed by atoms with Crippen LogP contribution in [0.3, 0.4) is 0 Å². The van der Waals surface area contributed by atoms with Crippen LogP contribution in [-0.2, 0) is 11.2 Å². The summed E-state index contributed by atoms with van der Waals surface area (Å²) < 4.78 is 17.2. The Kier molecular flexibility index (Phi) is 4.68. The molecule has 1 fully saturated rings. The van der Waals surface area contributed by atoms with Crippen LogP contribution < -0.4 is 9.47 Å². The van der Waals surface area contributed by atoms with Crippen molar-refractivity contribution in [1.82, 2.24) is 0 Å². The summed E-state index contributed by atoms with van der Waals surface area (Å²) in [6.07, 6.45) is 2.13. The number of carbonyl (C=O) groups excluding carboxylic acids is 1. The average molecular weight is 366 g/mol. The van der Waals surface area contributed by atoms with Crippen molar-refractivity contribution in [2.45, 2.75) is 51.7 Å². The molecule has 142 valence electrons. The van der Waals surface area contributed by atoms with Gasteiger partial charge in [-0.05, 0) is 74.9 Å². The van der Waals surface area contributed by atoms with Gasteiger partial charge in [0.1, 0.15) is 19.3 Å². The molecular formula is C23H26O4. The van der Waals surface area contributed by atoms with E-state index < -0.39 is 0 Å². The Morgan fingerprint density at radius 2 is 1.85 bits per heavy atom. The molecule has 2 heterocycles. The Morgan fingerprint density at radius 1 is 1.07 bits per heavy atom. The Morgan fingerprint density at radius 3 is 2.59 bits per heavy atom. The number of hydrogen-bond acceptors (Lipinski definition) is 4. The zero-order valence-electron chi connectivity index (χ0n) is 16.2. The van der Waals surface area contributed by atoms with Crippen LogP contribution in [0.1, 0.15) is 53.7 Å². The van der Waals surface area contributed by atoms with Crippen LogP contribution in [0.25, 0.3) is 0 Å². The minimum Gasteiger partial charge on any atom is -0.486 e. The topological polar surface area (TPSA) is 44.8 Å². The largest absolute Gasteiger partial charge is 0.486 e. The van der Waals surface area contributed by atoms with E-state index in [0.29, 0.717) is 13.2 Å². The quantitative estimate of drug-likeness (QED) is 0.748. The first-order chi connectivity index (χ1) is 12.9. The number of rotatable bonds is 4. The molecule has 0 amide bonds. The molecule has 27 heavy (non-hydrogen) atoms. The van der Waals surface area contributed by atoms with Crippen molar-refractivity contribution in [2.75, 3.05) is 13.2 Å². The van der Waals surface area contributed by atoms with Gasteiger partial charge in [0.2, 0.25) is 0 Å². The van der Waals surface area contributed by atoms with Gasteiger partial charge in [-0.1, -0.05) is 18.2 Å². The van der Waals surface area contributed by atoms with Gasteiger partial charge in [0.05, 0.1) is 5.60 Å². The van der Waals surface area contributed by atoms with Crippen molar-refractivity contribution in [3.8, 4) is 11.5 Å². The first-order valence-corrected chi connectivity index (χ1v) is 9.61. The van der Waals surface area contributed by atoms with Gasteiger partial charge in [0.25, 0.3) is 0 Å². The van der Waals surface area contributed by atoms with Crippen molar-refractivity contribution < 1.29 is 19.0 Å². The maximum absolute atomic E-state index is 12.9. The lowest BCUT2D eigenvalue weighted by molar-refractivity contribution is -0.00725. The lowest BCUT2D eigenvalue weighted by Crippen LogP contribution is -2.25. The number of Topliss-reactive ketones (excluding diaryl/α,β-unsaturated/α-hetero) is 1. The smallest absolute Gasteiger partial charge is 0.191 e. The molecule has 0 saturated carbocycles. The van der Waals surface area contributed by atoms with Crippen LogP contribution in [0.15, 0.2) is 36.4 Å². The fraction of sp³-hybridized carbons (Fsp3) is 0.435. The predicted molar refractivity (Wildman–Crippen MR) is 104 cm³/mol. The van der Waals surface area contributed by atoms with E-state index in [1.807, 2.05) is 44.2 Å². The normalized spacial score (nSPS) is 20.5. The Hall–Kier alpha value is -2.33. The summed E-state index contributed by atoms with van der Waals surface area (Å²) in [6, 6.07) is 12.0. The zero-order valence-corrected chi connectivity index (χ0v) is 16.2. The third kappa shape index (κ3) is 3.86. The number of hydrogen-bond donors (Lipinski definition) is 0. The van der Waals surface area contributed by atoms with E-state index in [0.717, 1.165) is 47.5 Å². The summed E-state index contributed by atoms with van der Waals surface area (Å²) in [4.78, 5) is 12.9. The highest BCUT2D eigenvalue weighted by Gasteiger charge is 2.36. The van der Waals surface area contributed by atoms with Gasteiger partial charge >= 0.3 is 0 Å². The molecule has 0 unspecified atom stereocenters. The summed E-state index contributed by atoms with van der Waals surface area (Å²) in [5, 5.41) is 0. The molecule has 4 heteroatoms. The molecule has 0 N–H and O–H groups in total. The Bertz CT molecular complexity index is 869. The number of fused-ring (bicyclic) bond motifs is 1. The van der Waals surface area contributed by atoms with Crippen molar-refractivity contribution in [3.63, 3.8) is 0 Å². The number of ketones is 1. The van der Waals surface area contributed by atoms with Gasteiger partial charge in [-0.25, -0.2) is 0 Å². The van der Waals surface area contributed by atoms with Crippen LogP contribution in [0.5, 0.6) is 11.5 Å². The van der Waals surface area contributed by atoms with Gasteiger partial charge in [-0.3, -0.25) is 4.79 Å². The highest BCUT2D eigenvalue weighted by Crippen LogP contribution is 2.33. The van der Waals surface area contributed by atoms with Crippen LogP contribution in [0.2, 0.25) is 0 Å². The van der Waals surface area contributed by atoms with Gasteiger partial charge in [-0.2, -0.15) is 0 Å². The molecule has 2 aromatic carbocycles. The van der Waals surface area contributed by atoms with Gasteiger partial charge in [0.15, 0.2) is 17.3 Å². The molecule has 0 spiro atoms. The van der Waals surface area contributed by atoms with Gasteiger partial charge in [0, 0.05) is 5.56 Å². The predicted octanol–water partition coefficient (Wildman–Crippen LogP) is 4.50. The van der Waals surface area contributed by atoms with Gasteiger partial charge in [-0.15, -0.1) is 0 Å². The fourth-order valence-electron chi connectivity index (χ4n) is 3.78. The maximum atomic E-state index is 12.9. The summed E-state index contributed by atoms with van der Waals surface area (Å²) in [5.41, 5.74) is 3.99. The molecule has 2 aliphatic heterocycles. The van der Waals surface area contributed by atoms with Crippen LogP contribution in [0.4, 0.5) is 0 Å². The molecule has 1 saturated heterocycles. The number of aryl methyl sites for hydroxylation is 1. The van der Waals surface area contributed by atoms with Crippen molar-refractivity contribution in [2.24, 2.45) is 0 Å². The maximum Gasteiger partial charge on any atom is 0.191 e. The third-order valence-electron chi connectivity index (χ3n) is 5.40. The second-order valence-electron chi connectivity index (χ2n) is 8.07. The van der Waals surface area contributed by atoms with Crippen LogP contribution >= 0.6 is 0 Å². The molecule has 2 aliphatic rings. The molecule has 0 aliphatic carbocycles. The first kappa shape index (κ1) is 18.1. The summed E-state index contributed by atoms with van der Waals surface area (Å²) in [7, 11) is 0. The van der Waals surface area contributed by atoms with E-state index in [4.69, 9.17) is 14.2 Å². The lowest BCUT2D eigenvalue weighted by atomic mass is 9.95. The summed E-state index contributed by atoms with van der Waals surface area (Å²) in [6.45, 7) is 7.34. The highest BCUT2D eigenvalue weighted by atomic mass is 16.6. The minimum atomic E-state index is -0.329. The number of ether oxygens (including phenoxy) is 3. The van der Waals surface area contributed by atoms with E-state index in [-0.39, 0.29) is 17.5 Å². The van der Waals surface area contributed by atoms with E-state index in [1.54, 1.807) is 0 Å². The van der Waals surface area contributed by atoms with Crippen molar-refractivity contribution in [1.29, 1.82) is 0 Å². The molecule has 2 aromatic rings. The standard InChI is InChI=1S/C23H26O4/c1-15-4-6-17(22(24)20-8-9-23(2,3)27-20)14-18(15)12-16-5-7-19-21(13-16)26-11-10-25-19/h4-7,13-14,20H,8-12H2,1-3H3/t20-/m0/s1. The molecule has 4 rings (SSSR count). The monoisotopic (exact) mass is 366 g/mol. The summed E-state index contributed by atoms with van der Waals surface area (Å²) in [5.74, 6) is 1.68. The molecular weight excluding hydrogens is 340 g/mol. The van der Waals surface area contributed by atoms with E-state index in [9.17, 15) is 4.79 Å².